The first-order valence-electron chi connectivity index (χ1n) is 9.05. The minimum absolute atomic E-state index is 0.0107. The van der Waals surface area contributed by atoms with Crippen LogP contribution in [0.25, 0.3) is 0 Å². The molecular weight excluding hydrogens is 324 g/mol. The van der Waals surface area contributed by atoms with Crippen LogP contribution in [0.3, 0.4) is 0 Å². The molecule has 134 valence electrons. The zero-order valence-corrected chi connectivity index (χ0v) is 17.0. The standard InChI is InChI=1S/C22H30O2Si/c1-18(16-17-23)19(2)24-25(22(3,4)5,20-12-8-6-9-13-20)21-14-10-7-11-15-21/h6-15,17-19H,16H2,1-5H3/t18-,19-/m0/s1. The lowest BCUT2D eigenvalue weighted by Gasteiger charge is -2.45. The number of benzene rings is 2. The van der Waals surface area contributed by atoms with Gasteiger partial charge in [-0.05, 0) is 28.3 Å². The summed E-state index contributed by atoms with van der Waals surface area (Å²) in [5, 5.41) is 2.52. The minimum Gasteiger partial charge on any atom is -0.404 e. The Hall–Kier alpha value is -1.71. The van der Waals surface area contributed by atoms with E-state index in [4.69, 9.17) is 4.43 Å². The molecule has 2 nitrogen and oxygen atoms in total. The second-order valence-electron chi connectivity index (χ2n) is 7.87. The van der Waals surface area contributed by atoms with Gasteiger partial charge in [0.05, 0.1) is 0 Å². The van der Waals surface area contributed by atoms with Crippen LogP contribution in [0.4, 0.5) is 0 Å². The van der Waals surface area contributed by atoms with Gasteiger partial charge in [0.25, 0.3) is 8.32 Å². The fourth-order valence-electron chi connectivity index (χ4n) is 3.43. The zero-order valence-electron chi connectivity index (χ0n) is 16.0. The Morgan fingerprint density at radius 1 is 0.920 bits per heavy atom. The van der Waals surface area contributed by atoms with Crippen molar-refractivity contribution in [3.63, 3.8) is 0 Å². The van der Waals surface area contributed by atoms with E-state index in [1.165, 1.54) is 10.4 Å². The molecule has 0 aliphatic carbocycles. The molecule has 0 bridgehead atoms. The van der Waals surface area contributed by atoms with Gasteiger partial charge in [-0.15, -0.1) is 0 Å². The summed E-state index contributed by atoms with van der Waals surface area (Å²) in [5.41, 5.74) is 0. The Morgan fingerprint density at radius 3 is 1.72 bits per heavy atom. The van der Waals surface area contributed by atoms with Gasteiger partial charge in [-0.3, -0.25) is 0 Å². The van der Waals surface area contributed by atoms with Crippen molar-refractivity contribution in [2.24, 2.45) is 5.92 Å². The maximum Gasteiger partial charge on any atom is 0.261 e. The molecule has 0 aromatic heterocycles. The largest absolute Gasteiger partial charge is 0.404 e. The Kier molecular flexibility index (Phi) is 6.36. The van der Waals surface area contributed by atoms with Gasteiger partial charge < -0.3 is 9.22 Å². The Morgan fingerprint density at radius 2 is 1.36 bits per heavy atom. The van der Waals surface area contributed by atoms with Crippen molar-refractivity contribution in [1.82, 2.24) is 0 Å². The molecule has 0 N–H and O–H groups in total. The van der Waals surface area contributed by atoms with Crippen LogP contribution in [-0.2, 0) is 9.22 Å². The Balaban J connectivity index is 2.62. The minimum atomic E-state index is -2.52. The van der Waals surface area contributed by atoms with Gasteiger partial charge in [-0.25, -0.2) is 0 Å². The molecule has 2 atom stereocenters. The smallest absolute Gasteiger partial charge is 0.261 e. The van der Waals surface area contributed by atoms with E-state index < -0.39 is 8.32 Å². The number of hydrogen-bond donors (Lipinski definition) is 0. The molecule has 0 aliphatic rings. The van der Waals surface area contributed by atoms with Gasteiger partial charge in [0, 0.05) is 12.5 Å². The van der Waals surface area contributed by atoms with Crippen molar-refractivity contribution in [2.75, 3.05) is 0 Å². The molecule has 0 amide bonds. The summed E-state index contributed by atoms with van der Waals surface area (Å²) in [5.74, 6) is 0.194. The van der Waals surface area contributed by atoms with Crippen molar-refractivity contribution in [1.29, 1.82) is 0 Å². The number of hydrogen-bond acceptors (Lipinski definition) is 2. The van der Waals surface area contributed by atoms with Crippen LogP contribution in [0.2, 0.25) is 5.04 Å². The van der Waals surface area contributed by atoms with Crippen molar-refractivity contribution in [2.45, 2.75) is 52.2 Å². The molecule has 3 heteroatoms. The van der Waals surface area contributed by atoms with E-state index in [0.29, 0.717) is 6.42 Å². The van der Waals surface area contributed by atoms with Crippen LogP contribution < -0.4 is 10.4 Å². The molecule has 0 fully saturated rings. The summed E-state index contributed by atoms with van der Waals surface area (Å²) in [7, 11) is -2.52. The Labute approximate surface area is 153 Å². The van der Waals surface area contributed by atoms with Gasteiger partial charge >= 0.3 is 0 Å². The quantitative estimate of drug-likeness (QED) is 0.551. The van der Waals surface area contributed by atoms with E-state index in [1.54, 1.807) is 0 Å². The van der Waals surface area contributed by atoms with E-state index in [2.05, 4.69) is 95.3 Å². The predicted molar refractivity (Wildman–Crippen MR) is 108 cm³/mol. The average Bonchev–Trinajstić information content (AvgIpc) is 2.60. The predicted octanol–water partition coefficient (Wildman–Crippen LogP) is 4.18. The van der Waals surface area contributed by atoms with Gasteiger partial charge in [0.2, 0.25) is 0 Å². The van der Waals surface area contributed by atoms with Gasteiger partial charge in [0.1, 0.15) is 6.29 Å². The molecule has 0 radical (unpaired) electrons. The normalized spacial score (nSPS) is 14.8. The van der Waals surface area contributed by atoms with Gasteiger partial charge in [-0.1, -0.05) is 88.4 Å². The summed E-state index contributed by atoms with van der Waals surface area (Å²) in [6, 6.07) is 21.3. The third kappa shape index (κ3) is 4.10. The van der Waals surface area contributed by atoms with Gasteiger partial charge in [0.15, 0.2) is 0 Å². The highest BCUT2D eigenvalue weighted by molar-refractivity contribution is 6.99. The highest BCUT2D eigenvalue weighted by Crippen LogP contribution is 2.38. The molecule has 2 rings (SSSR count). The van der Waals surface area contributed by atoms with Crippen LogP contribution >= 0.6 is 0 Å². The topological polar surface area (TPSA) is 26.3 Å². The lowest BCUT2D eigenvalue weighted by atomic mass is 10.0. The van der Waals surface area contributed by atoms with Crippen LogP contribution in [-0.4, -0.2) is 20.7 Å². The monoisotopic (exact) mass is 354 g/mol. The molecule has 0 unspecified atom stereocenters. The van der Waals surface area contributed by atoms with Crippen LogP contribution in [0.5, 0.6) is 0 Å². The molecule has 0 saturated heterocycles. The van der Waals surface area contributed by atoms with Crippen molar-refractivity contribution >= 4 is 25.0 Å². The lowest BCUT2D eigenvalue weighted by Crippen LogP contribution is -2.67. The molecule has 0 spiro atoms. The molecule has 0 heterocycles. The summed E-state index contributed by atoms with van der Waals surface area (Å²) in [6.07, 6.45) is 1.53. The molecule has 2 aromatic carbocycles. The summed E-state index contributed by atoms with van der Waals surface area (Å²) < 4.78 is 6.97. The summed E-state index contributed by atoms with van der Waals surface area (Å²) in [6.45, 7) is 11.0. The Bertz CT molecular complexity index is 622. The van der Waals surface area contributed by atoms with Crippen molar-refractivity contribution < 1.29 is 9.22 Å². The van der Waals surface area contributed by atoms with Gasteiger partial charge in [-0.2, -0.15) is 0 Å². The third-order valence-corrected chi connectivity index (χ3v) is 10.2. The van der Waals surface area contributed by atoms with E-state index in [-0.39, 0.29) is 17.1 Å². The van der Waals surface area contributed by atoms with E-state index in [0.717, 1.165) is 6.29 Å². The zero-order chi connectivity index (χ0) is 18.5. The van der Waals surface area contributed by atoms with E-state index in [9.17, 15) is 4.79 Å². The first-order chi connectivity index (χ1) is 11.8. The maximum absolute atomic E-state index is 11.0. The highest BCUT2D eigenvalue weighted by Gasteiger charge is 2.51. The third-order valence-electron chi connectivity index (χ3n) is 5.05. The SMILES string of the molecule is C[C@H](O[Si](c1ccccc1)(c1ccccc1)C(C)(C)C)[C@@H](C)CC=O. The highest BCUT2D eigenvalue weighted by atomic mass is 28.4. The number of rotatable bonds is 7. The second kappa shape index (κ2) is 8.11. The fraction of sp³-hybridized carbons (Fsp3) is 0.409. The van der Waals surface area contributed by atoms with Crippen molar-refractivity contribution in [3.8, 4) is 0 Å². The van der Waals surface area contributed by atoms with E-state index in [1.807, 2.05) is 0 Å². The lowest BCUT2D eigenvalue weighted by molar-refractivity contribution is -0.109. The summed E-state index contributed by atoms with van der Waals surface area (Å²) in [4.78, 5) is 11.0. The number of aldehydes is 1. The van der Waals surface area contributed by atoms with Crippen LogP contribution in [0, 0.1) is 5.92 Å². The second-order valence-corrected chi connectivity index (χ2v) is 12.1. The average molecular weight is 355 g/mol. The number of carbonyl (C=O) groups is 1. The first kappa shape index (κ1) is 19.6. The molecule has 2 aromatic rings. The molecular formula is C22H30O2Si. The van der Waals surface area contributed by atoms with E-state index >= 15 is 0 Å². The molecule has 25 heavy (non-hydrogen) atoms. The van der Waals surface area contributed by atoms with Crippen LogP contribution in [0.1, 0.15) is 41.0 Å². The maximum atomic E-state index is 11.0. The van der Waals surface area contributed by atoms with Crippen LogP contribution in [0.15, 0.2) is 60.7 Å². The molecule has 0 aliphatic heterocycles. The molecule has 0 saturated carbocycles. The fourth-order valence-corrected chi connectivity index (χ4v) is 8.23. The summed E-state index contributed by atoms with van der Waals surface area (Å²) >= 11 is 0. The number of carbonyl (C=O) groups excluding carboxylic acids is 1. The van der Waals surface area contributed by atoms with Crippen molar-refractivity contribution in [3.05, 3.63) is 60.7 Å². The first-order valence-corrected chi connectivity index (χ1v) is 11.0.